The number of esters is 1. The Labute approximate surface area is 210 Å². The van der Waals surface area contributed by atoms with E-state index in [4.69, 9.17) is 4.74 Å². The molecule has 2 unspecified atom stereocenters. The number of rotatable bonds is 7. The highest BCUT2D eigenvalue weighted by molar-refractivity contribution is 6.03. The molecular formula is C31H27NO4. The molecule has 0 fully saturated rings. The Kier molecular flexibility index (Phi) is 6.65. The first-order chi connectivity index (χ1) is 17.5. The lowest BCUT2D eigenvalue weighted by atomic mass is 9.88. The van der Waals surface area contributed by atoms with E-state index in [1.165, 1.54) is 7.11 Å². The average molecular weight is 478 g/mol. The van der Waals surface area contributed by atoms with Crippen molar-refractivity contribution in [3.05, 3.63) is 119 Å². The van der Waals surface area contributed by atoms with Crippen LogP contribution in [0.1, 0.15) is 51.9 Å². The van der Waals surface area contributed by atoms with E-state index in [2.05, 4.69) is 5.32 Å². The van der Waals surface area contributed by atoms with E-state index in [1.807, 2.05) is 84.9 Å². The highest BCUT2D eigenvalue weighted by Gasteiger charge is 2.31. The summed E-state index contributed by atoms with van der Waals surface area (Å²) in [4.78, 5) is 24.7. The van der Waals surface area contributed by atoms with Gasteiger partial charge in [-0.25, -0.2) is 4.79 Å². The van der Waals surface area contributed by atoms with Crippen molar-refractivity contribution in [2.75, 3.05) is 12.4 Å². The van der Waals surface area contributed by atoms with Crippen LogP contribution in [0.4, 0.5) is 5.69 Å². The van der Waals surface area contributed by atoms with Crippen LogP contribution in [0.2, 0.25) is 0 Å². The predicted molar refractivity (Wildman–Crippen MR) is 142 cm³/mol. The lowest BCUT2D eigenvalue weighted by Crippen LogP contribution is -2.13. The van der Waals surface area contributed by atoms with Crippen LogP contribution in [-0.2, 0) is 9.53 Å². The number of carbonyl (C=O) groups is 2. The van der Waals surface area contributed by atoms with Crippen molar-refractivity contribution >= 4 is 34.4 Å². The van der Waals surface area contributed by atoms with E-state index >= 15 is 0 Å². The Morgan fingerprint density at radius 3 is 2.50 bits per heavy atom. The van der Waals surface area contributed by atoms with Crippen molar-refractivity contribution in [3.8, 4) is 0 Å². The second kappa shape index (κ2) is 10.2. The smallest absolute Gasteiger partial charge is 0.337 e. The van der Waals surface area contributed by atoms with Crippen LogP contribution in [0.3, 0.4) is 0 Å². The molecular weight excluding hydrogens is 450 g/mol. The van der Waals surface area contributed by atoms with Gasteiger partial charge in [-0.2, -0.15) is 0 Å². The minimum Gasteiger partial charge on any atom is -0.465 e. The molecule has 0 bridgehead atoms. The number of aliphatic hydroxyl groups excluding tert-OH is 1. The number of fused-ring (bicyclic) bond motifs is 2. The molecule has 1 heterocycles. The Morgan fingerprint density at radius 2 is 1.69 bits per heavy atom. The molecule has 180 valence electrons. The molecule has 4 aromatic carbocycles. The first kappa shape index (κ1) is 23.5. The molecule has 2 atom stereocenters. The number of carbonyl (C=O) groups excluding carboxylic acids is 2. The molecule has 5 heteroatoms. The van der Waals surface area contributed by atoms with Crippen molar-refractivity contribution < 1.29 is 19.4 Å². The van der Waals surface area contributed by atoms with Gasteiger partial charge in [0.15, 0.2) is 0 Å². The molecule has 1 aliphatic rings. The van der Waals surface area contributed by atoms with E-state index in [9.17, 15) is 14.7 Å². The number of hydrogen-bond acceptors (Lipinski definition) is 4. The maximum atomic E-state index is 12.9. The highest BCUT2D eigenvalue weighted by atomic mass is 16.5. The van der Waals surface area contributed by atoms with E-state index in [0.717, 1.165) is 38.7 Å². The van der Waals surface area contributed by atoms with E-state index in [1.54, 1.807) is 12.1 Å². The van der Waals surface area contributed by atoms with Gasteiger partial charge in [0.1, 0.15) is 0 Å². The molecule has 0 saturated carbocycles. The summed E-state index contributed by atoms with van der Waals surface area (Å²) in [5.74, 6) is -0.763. The van der Waals surface area contributed by atoms with Crippen LogP contribution in [0.5, 0.6) is 0 Å². The largest absolute Gasteiger partial charge is 0.465 e. The van der Waals surface area contributed by atoms with Crippen molar-refractivity contribution in [3.63, 3.8) is 0 Å². The number of amides is 1. The number of nitrogens with one attached hydrogen (secondary N) is 1. The van der Waals surface area contributed by atoms with Gasteiger partial charge >= 0.3 is 5.97 Å². The van der Waals surface area contributed by atoms with Crippen LogP contribution in [0.25, 0.3) is 16.8 Å². The molecule has 1 amide bonds. The Hall–Kier alpha value is -4.22. The van der Waals surface area contributed by atoms with Gasteiger partial charge in [-0.1, -0.05) is 84.4 Å². The third-order valence-electron chi connectivity index (χ3n) is 6.72. The van der Waals surface area contributed by atoms with Gasteiger partial charge in [-0.15, -0.1) is 0 Å². The molecule has 0 spiro atoms. The van der Waals surface area contributed by atoms with Gasteiger partial charge in [0.25, 0.3) is 0 Å². The average Bonchev–Trinajstić information content (AvgIpc) is 3.22. The predicted octanol–water partition coefficient (Wildman–Crippen LogP) is 6.26. The maximum Gasteiger partial charge on any atom is 0.337 e. The molecule has 2 N–H and O–H groups in total. The summed E-state index contributed by atoms with van der Waals surface area (Å²) >= 11 is 0. The van der Waals surface area contributed by atoms with Gasteiger partial charge < -0.3 is 15.2 Å². The molecule has 36 heavy (non-hydrogen) atoms. The summed E-state index contributed by atoms with van der Waals surface area (Å²) in [6.45, 7) is 0. The number of benzene rings is 4. The van der Waals surface area contributed by atoms with Gasteiger partial charge in [0, 0.05) is 5.69 Å². The maximum absolute atomic E-state index is 12.9. The Balaban J connectivity index is 1.48. The van der Waals surface area contributed by atoms with E-state index in [0.29, 0.717) is 18.4 Å². The fraction of sp³-hybridized carbons (Fsp3) is 0.161. The summed E-state index contributed by atoms with van der Waals surface area (Å²) in [6.07, 6.45) is 2.11. The summed E-state index contributed by atoms with van der Waals surface area (Å²) < 4.78 is 4.80. The highest BCUT2D eigenvalue weighted by Crippen LogP contribution is 2.39. The second-order valence-electron chi connectivity index (χ2n) is 9.04. The third kappa shape index (κ3) is 4.79. The summed E-state index contributed by atoms with van der Waals surface area (Å²) in [7, 11) is 1.35. The summed E-state index contributed by atoms with van der Waals surface area (Å²) in [5, 5.41) is 16.4. The Morgan fingerprint density at radius 1 is 0.972 bits per heavy atom. The number of ether oxygens (including phenoxy) is 1. The van der Waals surface area contributed by atoms with E-state index in [-0.39, 0.29) is 11.8 Å². The van der Waals surface area contributed by atoms with Crippen LogP contribution in [0, 0.1) is 0 Å². The number of para-hydroxylation sites is 1. The number of aliphatic hydroxyl groups is 1. The molecule has 1 aliphatic heterocycles. The lowest BCUT2D eigenvalue weighted by Gasteiger charge is -2.18. The first-order valence-electron chi connectivity index (χ1n) is 12.0. The molecule has 0 saturated heterocycles. The van der Waals surface area contributed by atoms with Crippen molar-refractivity contribution in [2.24, 2.45) is 0 Å². The zero-order valence-corrected chi connectivity index (χ0v) is 20.0. The summed E-state index contributed by atoms with van der Waals surface area (Å²) in [5.41, 5.74) is 4.96. The van der Waals surface area contributed by atoms with Gasteiger partial charge in [0.05, 0.1) is 24.7 Å². The molecule has 4 aromatic rings. The van der Waals surface area contributed by atoms with Crippen LogP contribution >= 0.6 is 0 Å². The topological polar surface area (TPSA) is 75.6 Å². The normalized spacial score (nSPS) is 15.9. The molecule has 5 nitrogen and oxygen atoms in total. The SMILES string of the molecule is COC(=O)c1ccc(C=C(CC(O)c2cccc3ccccc23)CC2C(=O)Nc3ccccc32)cc1. The molecule has 0 aromatic heterocycles. The quantitative estimate of drug-likeness (QED) is 0.308. The van der Waals surface area contributed by atoms with Crippen LogP contribution in [0.15, 0.2) is 96.6 Å². The Bertz CT molecular complexity index is 1450. The van der Waals surface area contributed by atoms with Crippen molar-refractivity contribution in [1.29, 1.82) is 0 Å². The number of anilines is 1. The van der Waals surface area contributed by atoms with Crippen LogP contribution < -0.4 is 5.32 Å². The minimum atomic E-state index is -0.739. The number of methoxy groups -OCH3 is 1. The zero-order chi connectivity index (χ0) is 25.1. The third-order valence-corrected chi connectivity index (χ3v) is 6.72. The minimum absolute atomic E-state index is 0.0391. The monoisotopic (exact) mass is 477 g/mol. The van der Waals surface area contributed by atoms with Gasteiger partial charge in [-0.3, -0.25) is 4.79 Å². The second-order valence-corrected chi connectivity index (χ2v) is 9.04. The number of hydrogen-bond donors (Lipinski definition) is 2. The molecule has 0 aliphatic carbocycles. The van der Waals surface area contributed by atoms with E-state index < -0.39 is 12.1 Å². The molecule has 0 radical (unpaired) electrons. The first-order valence-corrected chi connectivity index (χ1v) is 12.0. The zero-order valence-electron chi connectivity index (χ0n) is 20.0. The van der Waals surface area contributed by atoms with Crippen molar-refractivity contribution in [1.82, 2.24) is 0 Å². The fourth-order valence-corrected chi connectivity index (χ4v) is 4.91. The summed E-state index contributed by atoms with van der Waals surface area (Å²) in [6, 6.07) is 28.8. The van der Waals surface area contributed by atoms with Gasteiger partial charge in [0.2, 0.25) is 5.91 Å². The standard InChI is InChI=1S/C31H27NO4/c1-36-31(35)23-15-13-20(14-16-23)17-21(18-27-25-10-4-5-12-28(25)32-30(27)34)19-29(33)26-11-6-8-22-7-2-3-9-24(22)26/h2-17,27,29,33H,18-19H2,1H3,(H,32,34). The van der Waals surface area contributed by atoms with Crippen LogP contribution in [-0.4, -0.2) is 24.1 Å². The van der Waals surface area contributed by atoms with Gasteiger partial charge in [-0.05, 0) is 58.5 Å². The fourth-order valence-electron chi connectivity index (χ4n) is 4.91. The lowest BCUT2D eigenvalue weighted by molar-refractivity contribution is -0.117. The van der Waals surface area contributed by atoms with Crippen molar-refractivity contribution in [2.45, 2.75) is 24.9 Å². The molecule has 5 rings (SSSR count).